The van der Waals surface area contributed by atoms with Crippen LogP contribution in [0.25, 0.3) is 10.8 Å². The molecule has 0 radical (unpaired) electrons. The van der Waals surface area contributed by atoms with Gasteiger partial charge < -0.3 is 4.74 Å². The molecule has 1 N–H and O–H groups in total. The molecule has 3 amide bonds. The fraction of sp³-hybridized carbons (Fsp3) is 0.250. The van der Waals surface area contributed by atoms with Crippen molar-refractivity contribution < 1.29 is 19.1 Å². The lowest BCUT2D eigenvalue weighted by Crippen LogP contribution is -2.53. The van der Waals surface area contributed by atoms with Crippen molar-refractivity contribution in [2.45, 2.75) is 18.9 Å². The van der Waals surface area contributed by atoms with Gasteiger partial charge in [0.15, 0.2) is 0 Å². The standard InChI is InChI=1S/C16H13N3O4/c1-23-15-8-3-2-4-9-13(8)11(7-17-15)19(16(9)22)10-5-6-12(20)18-14(10)21/h2-4,7,10H,5-6H2,1H3,(H,18,20,21). The summed E-state index contributed by atoms with van der Waals surface area (Å²) in [5.41, 5.74) is 1.10. The topological polar surface area (TPSA) is 88.6 Å². The van der Waals surface area contributed by atoms with Crippen molar-refractivity contribution in [3.05, 3.63) is 30.0 Å². The molecule has 1 aromatic heterocycles. The van der Waals surface area contributed by atoms with E-state index in [-0.39, 0.29) is 18.2 Å². The van der Waals surface area contributed by atoms with Crippen LogP contribution >= 0.6 is 0 Å². The molecule has 1 atom stereocenters. The number of hydrogen-bond donors (Lipinski definition) is 1. The highest BCUT2D eigenvalue weighted by molar-refractivity contribution is 6.27. The van der Waals surface area contributed by atoms with E-state index in [1.54, 1.807) is 18.3 Å². The first-order valence-corrected chi connectivity index (χ1v) is 7.25. The Morgan fingerprint density at radius 3 is 2.87 bits per heavy atom. The van der Waals surface area contributed by atoms with Gasteiger partial charge in [0.2, 0.25) is 17.7 Å². The molecule has 116 valence electrons. The number of benzene rings is 1. The molecular formula is C16H13N3O4. The van der Waals surface area contributed by atoms with Crippen LogP contribution in [0.15, 0.2) is 24.4 Å². The number of hydrogen-bond acceptors (Lipinski definition) is 5. The SMILES string of the molecule is COc1ncc2c3c(cccc13)C(=O)N2C1CCC(=O)NC1=O. The molecule has 2 aliphatic heterocycles. The zero-order chi connectivity index (χ0) is 16.1. The number of nitrogens with one attached hydrogen (secondary N) is 1. The van der Waals surface area contributed by atoms with Gasteiger partial charge in [-0.2, -0.15) is 0 Å². The molecule has 0 bridgehead atoms. The lowest BCUT2D eigenvalue weighted by molar-refractivity contribution is -0.134. The molecule has 2 aliphatic rings. The van der Waals surface area contributed by atoms with Gasteiger partial charge >= 0.3 is 0 Å². The van der Waals surface area contributed by atoms with Crippen molar-refractivity contribution >= 4 is 34.2 Å². The summed E-state index contributed by atoms with van der Waals surface area (Å²) in [4.78, 5) is 42.0. The number of piperidine rings is 1. The Morgan fingerprint density at radius 2 is 2.13 bits per heavy atom. The monoisotopic (exact) mass is 311 g/mol. The fourth-order valence-corrected chi connectivity index (χ4v) is 3.26. The summed E-state index contributed by atoms with van der Waals surface area (Å²) in [6.07, 6.45) is 2.06. The molecule has 1 aromatic carbocycles. The summed E-state index contributed by atoms with van der Waals surface area (Å²) >= 11 is 0. The molecule has 4 rings (SSSR count). The van der Waals surface area contributed by atoms with Crippen LogP contribution in [0.3, 0.4) is 0 Å². The van der Waals surface area contributed by atoms with Crippen molar-refractivity contribution in [2.75, 3.05) is 12.0 Å². The van der Waals surface area contributed by atoms with E-state index in [1.165, 1.54) is 12.0 Å². The van der Waals surface area contributed by atoms with Crippen LogP contribution in [0.2, 0.25) is 0 Å². The Hall–Kier alpha value is -2.96. The van der Waals surface area contributed by atoms with Crippen molar-refractivity contribution in [1.82, 2.24) is 10.3 Å². The second-order valence-corrected chi connectivity index (χ2v) is 5.52. The van der Waals surface area contributed by atoms with Gasteiger partial charge in [-0.15, -0.1) is 0 Å². The maximum Gasteiger partial charge on any atom is 0.259 e. The van der Waals surface area contributed by atoms with Crippen LogP contribution < -0.4 is 15.0 Å². The molecule has 1 fully saturated rings. The van der Waals surface area contributed by atoms with E-state index in [9.17, 15) is 14.4 Å². The average molecular weight is 311 g/mol. The van der Waals surface area contributed by atoms with Crippen LogP contribution in [0.5, 0.6) is 5.88 Å². The van der Waals surface area contributed by atoms with E-state index in [0.29, 0.717) is 23.6 Å². The highest BCUT2D eigenvalue weighted by Crippen LogP contribution is 2.41. The van der Waals surface area contributed by atoms with Crippen molar-refractivity contribution in [3.63, 3.8) is 0 Å². The van der Waals surface area contributed by atoms with Gasteiger partial charge in [0.1, 0.15) is 6.04 Å². The summed E-state index contributed by atoms with van der Waals surface area (Å²) in [5, 5.41) is 3.75. The highest BCUT2D eigenvalue weighted by atomic mass is 16.5. The number of amides is 3. The predicted octanol–water partition coefficient (Wildman–Crippen LogP) is 1.01. The van der Waals surface area contributed by atoms with Gasteiger partial charge in [-0.05, 0) is 18.6 Å². The fourth-order valence-electron chi connectivity index (χ4n) is 3.26. The lowest BCUT2D eigenvalue weighted by Gasteiger charge is -2.30. The van der Waals surface area contributed by atoms with Crippen LogP contribution in [-0.4, -0.2) is 35.9 Å². The summed E-state index contributed by atoms with van der Waals surface area (Å²) in [7, 11) is 1.52. The van der Waals surface area contributed by atoms with E-state index < -0.39 is 11.9 Å². The zero-order valence-corrected chi connectivity index (χ0v) is 12.3. The first-order chi connectivity index (χ1) is 11.1. The van der Waals surface area contributed by atoms with Crippen LogP contribution in [0.4, 0.5) is 5.69 Å². The summed E-state index contributed by atoms with van der Waals surface area (Å²) in [5.74, 6) is -0.585. The van der Waals surface area contributed by atoms with Gasteiger partial charge in [-0.3, -0.25) is 24.6 Å². The number of nitrogens with zero attached hydrogens (tertiary/aromatic N) is 2. The van der Waals surface area contributed by atoms with Crippen LogP contribution in [-0.2, 0) is 9.59 Å². The number of ether oxygens (including phenoxy) is 1. The lowest BCUT2D eigenvalue weighted by atomic mass is 10.0. The zero-order valence-electron chi connectivity index (χ0n) is 12.3. The number of rotatable bonds is 2. The number of anilines is 1. The number of aromatic nitrogens is 1. The number of imide groups is 1. The molecule has 0 saturated carbocycles. The normalized spacial score (nSPS) is 20.1. The Morgan fingerprint density at radius 1 is 1.30 bits per heavy atom. The summed E-state index contributed by atoms with van der Waals surface area (Å²) in [6.45, 7) is 0. The smallest absolute Gasteiger partial charge is 0.259 e. The molecule has 0 aliphatic carbocycles. The highest BCUT2D eigenvalue weighted by Gasteiger charge is 2.41. The van der Waals surface area contributed by atoms with E-state index in [2.05, 4.69) is 10.3 Å². The third-order valence-electron chi connectivity index (χ3n) is 4.28. The maximum atomic E-state index is 12.8. The molecular weight excluding hydrogens is 298 g/mol. The van der Waals surface area contributed by atoms with Gasteiger partial charge in [0.05, 0.1) is 24.6 Å². The first-order valence-electron chi connectivity index (χ1n) is 7.25. The molecule has 7 heteroatoms. The minimum absolute atomic E-state index is 0.212. The minimum Gasteiger partial charge on any atom is -0.481 e. The van der Waals surface area contributed by atoms with Gasteiger partial charge in [-0.1, -0.05) is 6.07 Å². The Balaban J connectivity index is 1.88. The molecule has 7 nitrogen and oxygen atoms in total. The van der Waals surface area contributed by atoms with E-state index in [4.69, 9.17) is 4.74 Å². The van der Waals surface area contributed by atoms with Gasteiger partial charge in [0.25, 0.3) is 5.91 Å². The number of pyridine rings is 1. The van der Waals surface area contributed by atoms with E-state index in [1.807, 2.05) is 6.07 Å². The maximum absolute atomic E-state index is 12.8. The van der Waals surface area contributed by atoms with Crippen molar-refractivity contribution in [3.8, 4) is 5.88 Å². The molecule has 1 saturated heterocycles. The molecule has 0 spiro atoms. The Bertz CT molecular complexity index is 877. The predicted molar refractivity (Wildman–Crippen MR) is 81.3 cm³/mol. The number of methoxy groups -OCH3 is 1. The third-order valence-corrected chi connectivity index (χ3v) is 4.28. The number of carbonyl (C=O) groups is 3. The quantitative estimate of drug-likeness (QED) is 0.836. The third kappa shape index (κ3) is 1.82. The van der Waals surface area contributed by atoms with Crippen LogP contribution in [0.1, 0.15) is 23.2 Å². The van der Waals surface area contributed by atoms with Crippen molar-refractivity contribution in [1.29, 1.82) is 0 Å². The largest absolute Gasteiger partial charge is 0.481 e. The molecule has 23 heavy (non-hydrogen) atoms. The Kier molecular flexibility index (Phi) is 2.84. The second kappa shape index (κ2) is 4.77. The van der Waals surface area contributed by atoms with E-state index in [0.717, 1.165) is 10.8 Å². The van der Waals surface area contributed by atoms with Crippen molar-refractivity contribution in [2.24, 2.45) is 0 Å². The van der Waals surface area contributed by atoms with Crippen LogP contribution in [0, 0.1) is 0 Å². The number of carbonyl (C=O) groups excluding carboxylic acids is 3. The summed E-state index contributed by atoms with van der Waals surface area (Å²) < 4.78 is 5.25. The van der Waals surface area contributed by atoms with Gasteiger partial charge in [-0.25, -0.2) is 4.98 Å². The average Bonchev–Trinajstić information content (AvgIpc) is 2.83. The van der Waals surface area contributed by atoms with Gasteiger partial charge in [0, 0.05) is 17.2 Å². The second-order valence-electron chi connectivity index (χ2n) is 5.52. The molecule has 1 unspecified atom stereocenters. The Labute approximate surface area is 131 Å². The molecule has 3 heterocycles. The van der Waals surface area contributed by atoms with E-state index >= 15 is 0 Å². The minimum atomic E-state index is -0.703. The summed E-state index contributed by atoms with van der Waals surface area (Å²) in [6, 6.07) is 4.61. The molecule has 2 aromatic rings. The first kappa shape index (κ1) is 13.7.